The van der Waals surface area contributed by atoms with Crippen molar-refractivity contribution in [3.8, 4) is 0 Å². The molecule has 15 heavy (non-hydrogen) atoms. The molecule has 6 nitrogen and oxygen atoms in total. The number of hydrogen-bond acceptors (Lipinski definition) is 4. The first kappa shape index (κ1) is 17.1. The van der Waals surface area contributed by atoms with E-state index in [2.05, 4.69) is 15.4 Å². The molecule has 1 rings (SSSR count). The lowest BCUT2D eigenvalue weighted by Gasteiger charge is -2.18. The Hall–Kier alpha value is -0.270. The molecule has 0 spiro atoms. The molecule has 8 heteroatoms. The van der Waals surface area contributed by atoms with Crippen LogP contribution in [0.5, 0.6) is 0 Å². The second-order valence-corrected chi connectivity index (χ2v) is 2.81. The molecule has 1 aliphatic heterocycles. The molecule has 0 saturated carbocycles. The Kier molecular flexibility index (Phi) is 11.7. The molecule has 0 aromatic carbocycles. The van der Waals surface area contributed by atoms with Crippen molar-refractivity contribution in [3.05, 3.63) is 0 Å². The summed E-state index contributed by atoms with van der Waals surface area (Å²) < 4.78 is 5.26. The van der Waals surface area contributed by atoms with Crippen LogP contribution in [0.2, 0.25) is 0 Å². The third-order valence-electron chi connectivity index (χ3n) is 1.75. The van der Waals surface area contributed by atoms with Gasteiger partial charge in [-0.15, -0.1) is 24.8 Å². The molecule has 0 aliphatic carbocycles. The Morgan fingerprint density at radius 1 is 1.33 bits per heavy atom. The summed E-state index contributed by atoms with van der Waals surface area (Å²) in [5.41, 5.74) is 13.6. The lowest BCUT2D eigenvalue weighted by molar-refractivity contribution is 0.143. The van der Waals surface area contributed by atoms with Gasteiger partial charge in [0.2, 0.25) is 0 Å². The Labute approximate surface area is 102 Å². The van der Waals surface area contributed by atoms with E-state index >= 15 is 0 Å². The summed E-state index contributed by atoms with van der Waals surface area (Å²) in [6, 6.07) is 0. The van der Waals surface area contributed by atoms with Crippen LogP contribution in [0, 0.1) is 0 Å². The summed E-state index contributed by atoms with van der Waals surface area (Å²) in [5, 5.41) is 2.07. The van der Waals surface area contributed by atoms with Crippen molar-refractivity contribution in [2.75, 3.05) is 39.4 Å². The number of aliphatic imine (C=N–C) groups is 1. The van der Waals surface area contributed by atoms with Crippen molar-refractivity contribution >= 4 is 30.8 Å². The number of nitrogens with one attached hydrogen (secondary N) is 1. The second-order valence-electron chi connectivity index (χ2n) is 2.81. The quantitative estimate of drug-likeness (QED) is 0.444. The number of hydrogen-bond donors (Lipinski definition) is 3. The zero-order valence-electron chi connectivity index (χ0n) is 8.52. The van der Waals surface area contributed by atoms with Crippen molar-refractivity contribution in [2.45, 2.75) is 0 Å². The number of hydrazine groups is 1. The van der Waals surface area contributed by atoms with Crippen LogP contribution in [-0.4, -0.2) is 50.4 Å². The lowest BCUT2D eigenvalue weighted by atomic mass is 10.5. The maximum atomic E-state index is 5.26. The normalized spacial score (nSPS) is 16.8. The number of nitrogens with two attached hydrogens (primary N) is 2. The summed E-state index contributed by atoms with van der Waals surface area (Å²) in [6.07, 6.45) is 0. The Bertz CT molecular complexity index is 169. The fourth-order valence-corrected chi connectivity index (χ4v) is 1.12. The molecule has 1 heterocycles. The number of rotatable bonds is 3. The summed E-state index contributed by atoms with van der Waals surface area (Å²) in [7, 11) is 0. The molecule has 0 amide bonds. The van der Waals surface area contributed by atoms with Gasteiger partial charge in [0.05, 0.1) is 19.8 Å². The van der Waals surface area contributed by atoms with E-state index in [9.17, 15) is 0 Å². The highest BCUT2D eigenvalue weighted by atomic mass is 35.5. The van der Waals surface area contributed by atoms with Gasteiger partial charge in [-0.25, -0.2) is 5.01 Å². The lowest BCUT2D eigenvalue weighted by Crippen LogP contribution is -2.40. The van der Waals surface area contributed by atoms with E-state index < -0.39 is 0 Å². The molecule has 0 radical (unpaired) electrons. The second kappa shape index (κ2) is 10.3. The van der Waals surface area contributed by atoms with Crippen molar-refractivity contribution in [1.82, 2.24) is 10.4 Å². The van der Waals surface area contributed by atoms with Crippen LogP contribution < -0.4 is 16.9 Å². The molecule has 0 unspecified atom stereocenters. The van der Waals surface area contributed by atoms with Gasteiger partial charge >= 0.3 is 0 Å². The highest BCUT2D eigenvalue weighted by molar-refractivity contribution is 5.85. The minimum absolute atomic E-state index is 0. The topological polar surface area (TPSA) is 88.9 Å². The maximum Gasteiger partial charge on any atom is 0.185 e. The number of ether oxygens (including phenoxy) is 1. The minimum Gasteiger partial charge on any atom is -0.379 e. The van der Waals surface area contributed by atoms with Crippen molar-refractivity contribution in [1.29, 1.82) is 0 Å². The molecular formula is C7H19Cl2N5O. The van der Waals surface area contributed by atoms with Crippen LogP contribution in [0.25, 0.3) is 0 Å². The van der Waals surface area contributed by atoms with E-state index in [0.717, 1.165) is 32.8 Å². The van der Waals surface area contributed by atoms with Crippen LogP contribution in [0.4, 0.5) is 0 Å². The summed E-state index contributed by atoms with van der Waals surface area (Å²) >= 11 is 0. The standard InChI is InChI=1S/C7H17N5O.2ClH/c8-7(9)10-1-3-12-4-6-13-5-2-11-12;;/h11H,1-6H2,(H4,8,9,10);2*1H. The first-order chi connectivity index (χ1) is 6.29. The van der Waals surface area contributed by atoms with Crippen molar-refractivity contribution in [2.24, 2.45) is 16.5 Å². The van der Waals surface area contributed by atoms with E-state index in [1.807, 2.05) is 0 Å². The zero-order chi connectivity index (χ0) is 9.52. The Morgan fingerprint density at radius 2 is 2.07 bits per heavy atom. The number of halogens is 2. The van der Waals surface area contributed by atoms with E-state index in [1.165, 1.54) is 0 Å². The molecule has 0 bridgehead atoms. The van der Waals surface area contributed by atoms with Gasteiger partial charge in [0.25, 0.3) is 0 Å². The van der Waals surface area contributed by atoms with Gasteiger partial charge in [0.1, 0.15) is 0 Å². The predicted octanol–water partition coefficient (Wildman–Crippen LogP) is -1.06. The van der Waals surface area contributed by atoms with E-state index in [-0.39, 0.29) is 30.8 Å². The van der Waals surface area contributed by atoms with Crippen LogP contribution in [0.3, 0.4) is 0 Å². The van der Waals surface area contributed by atoms with Gasteiger partial charge in [0.15, 0.2) is 5.96 Å². The van der Waals surface area contributed by atoms with Gasteiger partial charge in [-0.05, 0) is 0 Å². The average Bonchev–Trinajstić information content (AvgIpc) is 2.32. The summed E-state index contributed by atoms with van der Waals surface area (Å²) in [4.78, 5) is 3.90. The van der Waals surface area contributed by atoms with Crippen LogP contribution in [-0.2, 0) is 4.74 Å². The summed E-state index contributed by atoms with van der Waals surface area (Å²) in [5.74, 6) is 0.145. The molecule has 1 fully saturated rings. The van der Waals surface area contributed by atoms with E-state index in [1.54, 1.807) is 0 Å². The third kappa shape index (κ3) is 8.71. The fourth-order valence-electron chi connectivity index (χ4n) is 1.12. The highest BCUT2D eigenvalue weighted by Gasteiger charge is 2.06. The first-order valence-corrected chi connectivity index (χ1v) is 4.40. The van der Waals surface area contributed by atoms with Gasteiger partial charge in [0, 0.05) is 19.6 Å². The third-order valence-corrected chi connectivity index (χ3v) is 1.75. The smallest absolute Gasteiger partial charge is 0.185 e. The summed E-state index contributed by atoms with van der Waals surface area (Å²) in [6.45, 7) is 4.67. The van der Waals surface area contributed by atoms with E-state index in [0.29, 0.717) is 6.54 Å². The van der Waals surface area contributed by atoms with Crippen LogP contribution in [0.1, 0.15) is 0 Å². The number of guanidine groups is 1. The molecule has 92 valence electrons. The van der Waals surface area contributed by atoms with Gasteiger partial charge in [-0.2, -0.15) is 0 Å². The molecular weight excluding hydrogens is 241 g/mol. The molecule has 0 aromatic heterocycles. The SMILES string of the molecule is Cl.Cl.NC(N)=NCCN1CCOCCN1. The monoisotopic (exact) mass is 259 g/mol. The average molecular weight is 260 g/mol. The highest BCUT2D eigenvalue weighted by Crippen LogP contribution is 1.89. The molecule has 0 aromatic rings. The predicted molar refractivity (Wildman–Crippen MR) is 65.6 cm³/mol. The van der Waals surface area contributed by atoms with Gasteiger partial charge in [-0.3, -0.25) is 10.4 Å². The maximum absolute atomic E-state index is 5.26. The fraction of sp³-hybridized carbons (Fsp3) is 0.857. The molecule has 5 N–H and O–H groups in total. The van der Waals surface area contributed by atoms with Gasteiger partial charge < -0.3 is 16.2 Å². The largest absolute Gasteiger partial charge is 0.379 e. The minimum atomic E-state index is 0. The van der Waals surface area contributed by atoms with E-state index in [4.69, 9.17) is 16.2 Å². The van der Waals surface area contributed by atoms with Crippen molar-refractivity contribution < 1.29 is 4.74 Å². The molecule has 1 saturated heterocycles. The Morgan fingerprint density at radius 3 is 2.73 bits per heavy atom. The van der Waals surface area contributed by atoms with Crippen LogP contribution in [0.15, 0.2) is 4.99 Å². The molecule has 1 aliphatic rings. The number of nitrogens with zero attached hydrogens (tertiary/aromatic N) is 2. The molecule has 0 atom stereocenters. The van der Waals surface area contributed by atoms with Crippen molar-refractivity contribution in [3.63, 3.8) is 0 Å². The van der Waals surface area contributed by atoms with Crippen LogP contribution >= 0.6 is 24.8 Å². The first-order valence-electron chi connectivity index (χ1n) is 4.40. The Balaban J connectivity index is 0. The zero-order valence-corrected chi connectivity index (χ0v) is 10.1. The van der Waals surface area contributed by atoms with Gasteiger partial charge in [-0.1, -0.05) is 0 Å².